The maximum absolute atomic E-state index is 12.2. The van der Waals surface area contributed by atoms with Crippen LogP contribution in [-0.4, -0.2) is 52.4 Å². The fourth-order valence-corrected chi connectivity index (χ4v) is 3.32. The van der Waals surface area contributed by atoms with Gasteiger partial charge in [-0.3, -0.25) is 0 Å². The highest BCUT2D eigenvalue weighted by atomic mass is 32.2. The van der Waals surface area contributed by atoms with Crippen molar-refractivity contribution in [3.05, 3.63) is 18.2 Å². The van der Waals surface area contributed by atoms with E-state index in [0.717, 1.165) is 0 Å². The molecule has 22 heavy (non-hydrogen) atoms. The highest BCUT2D eigenvalue weighted by molar-refractivity contribution is 7.89. The van der Waals surface area contributed by atoms with E-state index in [1.54, 1.807) is 11.0 Å². The van der Waals surface area contributed by atoms with Gasteiger partial charge < -0.3 is 19.1 Å². The zero-order valence-corrected chi connectivity index (χ0v) is 12.6. The van der Waals surface area contributed by atoms with Gasteiger partial charge in [-0.1, -0.05) is 0 Å². The molecule has 0 aromatic heterocycles. The third kappa shape index (κ3) is 3.09. The van der Waals surface area contributed by atoms with Crippen molar-refractivity contribution in [2.45, 2.75) is 11.3 Å². The molecular weight excluding hydrogens is 312 g/mol. The molecule has 1 aromatic rings. The van der Waals surface area contributed by atoms with E-state index in [1.165, 1.54) is 12.1 Å². The normalized spacial score (nSPS) is 16.9. The minimum Gasteiger partial charge on any atom is -0.454 e. The molecule has 1 N–H and O–H groups in total. The molecule has 1 fully saturated rings. The van der Waals surface area contributed by atoms with Crippen molar-refractivity contribution >= 4 is 16.1 Å². The Labute approximate surface area is 128 Å². The molecule has 1 aromatic carbocycles. The Morgan fingerprint density at radius 3 is 2.77 bits per heavy atom. The molecule has 0 spiro atoms. The molecule has 0 bridgehead atoms. The van der Waals surface area contributed by atoms with Gasteiger partial charge in [0.25, 0.3) is 0 Å². The molecule has 3 rings (SSSR count). The van der Waals surface area contributed by atoms with Crippen molar-refractivity contribution in [2.24, 2.45) is 0 Å². The van der Waals surface area contributed by atoms with Gasteiger partial charge in [0.15, 0.2) is 11.5 Å². The first kappa shape index (κ1) is 14.9. The molecule has 2 aliphatic rings. The summed E-state index contributed by atoms with van der Waals surface area (Å²) in [6.07, 6.45) is 0.164. The van der Waals surface area contributed by atoms with Gasteiger partial charge >= 0.3 is 6.09 Å². The van der Waals surface area contributed by atoms with Crippen LogP contribution in [-0.2, 0) is 14.8 Å². The lowest BCUT2D eigenvalue weighted by Gasteiger charge is -2.12. The Balaban J connectivity index is 1.54. The van der Waals surface area contributed by atoms with Crippen LogP contribution in [0.1, 0.15) is 6.42 Å². The number of rotatable bonds is 6. The van der Waals surface area contributed by atoms with Crippen molar-refractivity contribution in [3.8, 4) is 11.5 Å². The van der Waals surface area contributed by atoms with E-state index in [-0.39, 0.29) is 24.3 Å². The van der Waals surface area contributed by atoms with Crippen LogP contribution >= 0.6 is 0 Å². The standard InChI is InChI=1S/C13H16N2O6S/c16-13-15(6-7-19-13)5-1-4-14-22(17,18)10-2-3-11-12(8-10)21-9-20-11/h2-3,8,14H,1,4-7,9H2. The van der Waals surface area contributed by atoms with Crippen LogP contribution in [0.2, 0.25) is 0 Å². The monoisotopic (exact) mass is 328 g/mol. The molecule has 8 nitrogen and oxygen atoms in total. The van der Waals surface area contributed by atoms with Gasteiger partial charge in [0, 0.05) is 19.2 Å². The number of fused-ring (bicyclic) bond motifs is 1. The molecule has 2 aliphatic heterocycles. The number of sulfonamides is 1. The van der Waals surface area contributed by atoms with Gasteiger partial charge in [-0.25, -0.2) is 17.9 Å². The minimum atomic E-state index is -3.61. The molecule has 0 aliphatic carbocycles. The summed E-state index contributed by atoms with van der Waals surface area (Å²) in [6, 6.07) is 4.47. The van der Waals surface area contributed by atoms with Gasteiger partial charge in [-0.05, 0) is 18.6 Å². The second-order valence-corrected chi connectivity index (χ2v) is 6.63. The van der Waals surface area contributed by atoms with Gasteiger partial charge in [-0.15, -0.1) is 0 Å². The SMILES string of the molecule is O=C1OCCN1CCCNS(=O)(=O)c1ccc2c(c1)OCO2. The van der Waals surface area contributed by atoms with Crippen molar-refractivity contribution in [3.63, 3.8) is 0 Å². The number of nitrogens with zero attached hydrogens (tertiary/aromatic N) is 1. The summed E-state index contributed by atoms with van der Waals surface area (Å²) in [5, 5.41) is 0. The summed E-state index contributed by atoms with van der Waals surface area (Å²) < 4.78 is 42.0. The van der Waals surface area contributed by atoms with E-state index >= 15 is 0 Å². The number of hydrogen-bond acceptors (Lipinski definition) is 6. The Morgan fingerprint density at radius 2 is 2.00 bits per heavy atom. The second-order valence-electron chi connectivity index (χ2n) is 4.87. The number of nitrogens with one attached hydrogen (secondary N) is 1. The maximum Gasteiger partial charge on any atom is 0.409 e. The van der Waals surface area contributed by atoms with Crippen molar-refractivity contribution < 1.29 is 27.4 Å². The third-order valence-electron chi connectivity index (χ3n) is 3.40. The predicted molar refractivity (Wildman–Crippen MR) is 75.3 cm³/mol. The molecule has 9 heteroatoms. The lowest BCUT2D eigenvalue weighted by molar-refractivity contribution is 0.158. The summed E-state index contributed by atoms with van der Waals surface area (Å²) >= 11 is 0. The number of cyclic esters (lactones) is 1. The van der Waals surface area contributed by atoms with Crippen LogP contribution in [0.15, 0.2) is 23.1 Å². The third-order valence-corrected chi connectivity index (χ3v) is 4.85. The number of carbonyl (C=O) groups excluding carboxylic acids is 1. The Hall–Kier alpha value is -2.00. The van der Waals surface area contributed by atoms with Gasteiger partial charge in [0.1, 0.15) is 6.61 Å². The number of carbonyl (C=O) groups is 1. The molecular formula is C13H16N2O6S. The first-order chi connectivity index (χ1) is 10.6. The largest absolute Gasteiger partial charge is 0.454 e. The summed E-state index contributed by atoms with van der Waals surface area (Å²) in [7, 11) is -3.61. The summed E-state index contributed by atoms with van der Waals surface area (Å²) in [5.74, 6) is 0.953. The maximum atomic E-state index is 12.2. The zero-order valence-electron chi connectivity index (χ0n) is 11.8. The van der Waals surface area contributed by atoms with E-state index in [2.05, 4.69) is 4.72 Å². The molecule has 0 unspecified atom stereocenters. The molecule has 0 radical (unpaired) electrons. The number of benzene rings is 1. The van der Waals surface area contributed by atoms with Gasteiger partial charge in [-0.2, -0.15) is 0 Å². The molecule has 2 heterocycles. The van der Waals surface area contributed by atoms with E-state index in [0.29, 0.717) is 37.6 Å². The summed E-state index contributed by atoms with van der Waals surface area (Å²) in [4.78, 5) is 12.9. The second kappa shape index (κ2) is 6.01. The van der Waals surface area contributed by atoms with Gasteiger partial charge in [0.05, 0.1) is 11.4 Å². The zero-order chi connectivity index (χ0) is 15.6. The van der Waals surface area contributed by atoms with Crippen molar-refractivity contribution in [1.29, 1.82) is 0 Å². The van der Waals surface area contributed by atoms with Crippen LogP contribution in [0, 0.1) is 0 Å². The van der Waals surface area contributed by atoms with Crippen LogP contribution < -0.4 is 14.2 Å². The van der Waals surface area contributed by atoms with Crippen LogP contribution in [0.4, 0.5) is 4.79 Å². The van der Waals surface area contributed by atoms with Crippen molar-refractivity contribution in [1.82, 2.24) is 9.62 Å². The summed E-state index contributed by atoms with van der Waals surface area (Å²) in [5.41, 5.74) is 0. The highest BCUT2D eigenvalue weighted by Gasteiger charge is 2.22. The minimum absolute atomic E-state index is 0.0954. The lowest BCUT2D eigenvalue weighted by atomic mass is 10.3. The van der Waals surface area contributed by atoms with Crippen LogP contribution in [0.5, 0.6) is 11.5 Å². The summed E-state index contributed by atoms with van der Waals surface area (Å²) in [6.45, 7) is 1.73. The lowest BCUT2D eigenvalue weighted by Crippen LogP contribution is -2.30. The number of hydrogen-bond donors (Lipinski definition) is 1. The predicted octanol–water partition coefficient (Wildman–Crippen LogP) is 0.536. The quantitative estimate of drug-likeness (QED) is 0.766. The Kier molecular flexibility index (Phi) is 4.08. The fraction of sp³-hybridized carbons (Fsp3) is 0.462. The first-order valence-corrected chi connectivity index (χ1v) is 8.35. The molecule has 1 saturated heterocycles. The molecule has 0 saturated carbocycles. The van der Waals surface area contributed by atoms with E-state index in [4.69, 9.17) is 14.2 Å². The topological polar surface area (TPSA) is 94.2 Å². The fourth-order valence-electron chi connectivity index (χ4n) is 2.23. The first-order valence-electron chi connectivity index (χ1n) is 6.87. The van der Waals surface area contributed by atoms with E-state index < -0.39 is 10.0 Å². The van der Waals surface area contributed by atoms with E-state index in [9.17, 15) is 13.2 Å². The van der Waals surface area contributed by atoms with Gasteiger partial charge in [0.2, 0.25) is 16.8 Å². The smallest absolute Gasteiger partial charge is 0.409 e. The highest BCUT2D eigenvalue weighted by Crippen LogP contribution is 2.33. The molecule has 120 valence electrons. The van der Waals surface area contributed by atoms with Crippen LogP contribution in [0.25, 0.3) is 0 Å². The average molecular weight is 328 g/mol. The average Bonchev–Trinajstić information content (AvgIpc) is 3.11. The van der Waals surface area contributed by atoms with Crippen molar-refractivity contribution in [2.75, 3.05) is 33.0 Å². The van der Waals surface area contributed by atoms with Crippen LogP contribution in [0.3, 0.4) is 0 Å². The van der Waals surface area contributed by atoms with E-state index in [1.807, 2.05) is 0 Å². The molecule has 1 amide bonds. The molecule has 0 atom stereocenters. The Bertz CT molecular complexity index is 675. The number of amides is 1. The Morgan fingerprint density at radius 1 is 1.18 bits per heavy atom. The number of ether oxygens (including phenoxy) is 3.